The molecule has 0 amide bonds. The smallest absolute Gasteiger partial charge is 0.114 e. The molecule has 0 fully saturated rings. The number of nitrogens with zero attached hydrogens (tertiary/aromatic N) is 2. The lowest BCUT2D eigenvalue weighted by molar-refractivity contribution is 0.673. The molecule has 20 heavy (non-hydrogen) atoms. The molecule has 3 nitrogen and oxygen atoms in total. The molecule has 1 N–H and O–H groups in total. The molecule has 0 unspecified atom stereocenters. The third-order valence-electron chi connectivity index (χ3n) is 3.22. The van der Waals surface area contributed by atoms with E-state index in [0.717, 1.165) is 30.2 Å². The van der Waals surface area contributed by atoms with Crippen molar-refractivity contribution >= 4 is 21.6 Å². The Morgan fingerprint density at radius 2 is 2.15 bits per heavy atom. The summed E-state index contributed by atoms with van der Waals surface area (Å²) in [6.07, 6.45) is 5.51. The second-order valence-corrected chi connectivity index (χ2v) is 6.06. The van der Waals surface area contributed by atoms with Gasteiger partial charge in [-0.2, -0.15) is 0 Å². The van der Waals surface area contributed by atoms with E-state index in [-0.39, 0.29) is 0 Å². The van der Waals surface area contributed by atoms with E-state index in [1.165, 1.54) is 16.7 Å². The van der Waals surface area contributed by atoms with Gasteiger partial charge in [-0.15, -0.1) is 11.3 Å². The molecule has 0 spiro atoms. The van der Waals surface area contributed by atoms with E-state index in [4.69, 9.17) is 0 Å². The van der Waals surface area contributed by atoms with Crippen LogP contribution < -0.4 is 5.32 Å². The minimum atomic E-state index is 0.854. The van der Waals surface area contributed by atoms with Crippen molar-refractivity contribution in [3.05, 3.63) is 53.3 Å². The minimum Gasteiger partial charge on any atom is -0.347 e. The number of rotatable bonds is 6. The van der Waals surface area contributed by atoms with Crippen molar-refractivity contribution in [3.63, 3.8) is 0 Å². The van der Waals surface area contributed by atoms with E-state index in [0.29, 0.717) is 0 Å². The second kappa shape index (κ2) is 6.20. The predicted octanol–water partition coefficient (Wildman–Crippen LogP) is 3.65. The molecule has 3 rings (SSSR count). The van der Waals surface area contributed by atoms with Crippen molar-refractivity contribution < 1.29 is 0 Å². The highest BCUT2D eigenvalue weighted by atomic mass is 32.1. The van der Waals surface area contributed by atoms with Gasteiger partial charge in [0, 0.05) is 18.9 Å². The predicted molar refractivity (Wildman–Crippen MR) is 85.2 cm³/mol. The van der Waals surface area contributed by atoms with Crippen LogP contribution in [0.2, 0.25) is 0 Å². The minimum absolute atomic E-state index is 0.854. The van der Waals surface area contributed by atoms with E-state index in [9.17, 15) is 0 Å². The molecule has 0 radical (unpaired) electrons. The number of nitrogens with one attached hydrogen (secondary N) is 1. The van der Waals surface area contributed by atoms with E-state index >= 15 is 0 Å². The zero-order valence-corrected chi connectivity index (χ0v) is 12.5. The van der Waals surface area contributed by atoms with Gasteiger partial charge in [0.15, 0.2) is 0 Å². The Kier molecular flexibility index (Phi) is 4.14. The number of hydrogen-bond donors (Lipinski definition) is 1. The average Bonchev–Trinajstić information content (AvgIpc) is 3.05. The van der Waals surface area contributed by atoms with Crippen LogP contribution in [0.5, 0.6) is 0 Å². The van der Waals surface area contributed by atoms with Crippen LogP contribution in [0.4, 0.5) is 0 Å². The summed E-state index contributed by atoms with van der Waals surface area (Å²) in [6.45, 7) is 5.06. The summed E-state index contributed by atoms with van der Waals surface area (Å²) in [7, 11) is 0. The standard InChI is InChI=1S/C16H19N3S/c1-2-8-17-10-13-7-9-19(11-13)12-16-18-14-5-3-4-6-15(14)20-16/h3-7,9,11,17H,2,8,10,12H2,1H3. The fourth-order valence-electron chi connectivity index (χ4n) is 2.25. The van der Waals surface area contributed by atoms with Crippen molar-refractivity contribution in [2.75, 3.05) is 6.54 Å². The fourth-order valence-corrected chi connectivity index (χ4v) is 3.22. The Morgan fingerprint density at radius 3 is 3.00 bits per heavy atom. The van der Waals surface area contributed by atoms with E-state index in [1.807, 2.05) is 6.07 Å². The molecule has 1 aromatic carbocycles. The molecule has 0 aliphatic carbocycles. The van der Waals surface area contributed by atoms with Crippen LogP contribution in [0.15, 0.2) is 42.7 Å². The quantitative estimate of drug-likeness (QED) is 0.701. The zero-order chi connectivity index (χ0) is 13.8. The van der Waals surface area contributed by atoms with E-state index in [1.54, 1.807) is 11.3 Å². The lowest BCUT2D eigenvalue weighted by Gasteiger charge is -2.00. The molecule has 0 atom stereocenters. The van der Waals surface area contributed by atoms with Crippen LogP contribution in [0.3, 0.4) is 0 Å². The highest BCUT2D eigenvalue weighted by Gasteiger charge is 2.04. The Hall–Kier alpha value is -1.65. The Labute approximate surface area is 123 Å². The molecule has 2 heterocycles. The monoisotopic (exact) mass is 285 g/mol. The molecule has 0 saturated heterocycles. The first-order valence-electron chi connectivity index (χ1n) is 7.05. The Morgan fingerprint density at radius 1 is 1.25 bits per heavy atom. The normalized spacial score (nSPS) is 11.2. The van der Waals surface area contributed by atoms with Gasteiger partial charge in [-0.25, -0.2) is 4.98 Å². The largest absolute Gasteiger partial charge is 0.347 e. The van der Waals surface area contributed by atoms with Gasteiger partial charge in [0.2, 0.25) is 0 Å². The molecule has 3 aromatic rings. The molecule has 0 saturated carbocycles. The van der Waals surface area contributed by atoms with Crippen molar-refractivity contribution in [1.29, 1.82) is 0 Å². The first-order valence-corrected chi connectivity index (χ1v) is 7.86. The number of para-hydroxylation sites is 1. The number of aromatic nitrogens is 2. The molecular formula is C16H19N3S. The number of benzene rings is 1. The van der Waals surface area contributed by atoms with Crippen LogP contribution in [-0.4, -0.2) is 16.1 Å². The van der Waals surface area contributed by atoms with Crippen molar-refractivity contribution in [2.45, 2.75) is 26.4 Å². The van der Waals surface area contributed by atoms with Crippen LogP contribution >= 0.6 is 11.3 Å². The summed E-state index contributed by atoms with van der Waals surface area (Å²) >= 11 is 1.78. The summed E-state index contributed by atoms with van der Waals surface area (Å²) in [6, 6.07) is 10.5. The summed E-state index contributed by atoms with van der Waals surface area (Å²) < 4.78 is 3.47. The van der Waals surface area contributed by atoms with Gasteiger partial charge < -0.3 is 9.88 Å². The summed E-state index contributed by atoms with van der Waals surface area (Å²) in [5.74, 6) is 0. The lowest BCUT2D eigenvalue weighted by Crippen LogP contribution is -2.13. The van der Waals surface area contributed by atoms with Crippen molar-refractivity contribution in [1.82, 2.24) is 14.9 Å². The van der Waals surface area contributed by atoms with Gasteiger partial charge in [0.1, 0.15) is 5.01 Å². The Bertz CT molecular complexity index is 651. The molecule has 4 heteroatoms. The zero-order valence-electron chi connectivity index (χ0n) is 11.7. The van der Waals surface area contributed by atoms with Gasteiger partial charge in [0.25, 0.3) is 0 Å². The first kappa shape index (κ1) is 13.3. The highest BCUT2D eigenvalue weighted by molar-refractivity contribution is 7.18. The van der Waals surface area contributed by atoms with Crippen molar-refractivity contribution in [2.24, 2.45) is 0 Å². The van der Waals surface area contributed by atoms with Crippen LogP contribution in [0.25, 0.3) is 10.2 Å². The fraction of sp³-hybridized carbons (Fsp3) is 0.312. The summed E-state index contributed by atoms with van der Waals surface area (Å²) in [5.41, 5.74) is 2.43. The van der Waals surface area contributed by atoms with E-state index in [2.05, 4.69) is 58.5 Å². The molecule has 0 bridgehead atoms. The van der Waals surface area contributed by atoms with Gasteiger partial charge in [-0.05, 0) is 36.7 Å². The highest BCUT2D eigenvalue weighted by Crippen LogP contribution is 2.22. The third kappa shape index (κ3) is 3.08. The van der Waals surface area contributed by atoms with Crippen LogP contribution in [0.1, 0.15) is 23.9 Å². The molecular weight excluding hydrogens is 266 g/mol. The lowest BCUT2D eigenvalue weighted by atomic mass is 10.3. The topological polar surface area (TPSA) is 29.9 Å². The van der Waals surface area contributed by atoms with E-state index < -0.39 is 0 Å². The number of hydrogen-bond acceptors (Lipinski definition) is 3. The van der Waals surface area contributed by atoms with Gasteiger partial charge in [-0.1, -0.05) is 19.1 Å². The second-order valence-electron chi connectivity index (χ2n) is 4.94. The van der Waals surface area contributed by atoms with Crippen LogP contribution in [-0.2, 0) is 13.1 Å². The summed E-state index contributed by atoms with van der Waals surface area (Å²) in [5, 5.41) is 4.59. The summed E-state index contributed by atoms with van der Waals surface area (Å²) in [4.78, 5) is 4.67. The first-order chi connectivity index (χ1) is 9.85. The molecule has 2 aromatic heterocycles. The number of fused-ring (bicyclic) bond motifs is 1. The number of thiazole rings is 1. The van der Waals surface area contributed by atoms with Crippen molar-refractivity contribution in [3.8, 4) is 0 Å². The maximum atomic E-state index is 4.67. The Balaban J connectivity index is 1.68. The third-order valence-corrected chi connectivity index (χ3v) is 4.24. The molecule has 104 valence electrons. The SMILES string of the molecule is CCCNCc1ccn(Cc2nc3ccccc3s2)c1. The van der Waals surface area contributed by atoms with Gasteiger partial charge in [0.05, 0.1) is 16.8 Å². The maximum Gasteiger partial charge on any atom is 0.114 e. The average molecular weight is 285 g/mol. The van der Waals surface area contributed by atoms with Crippen LogP contribution in [0, 0.1) is 0 Å². The van der Waals surface area contributed by atoms with Gasteiger partial charge in [-0.3, -0.25) is 0 Å². The maximum absolute atomic E-state index is 4.67. The molecule has 0 aliphatic rings. The van der Waals surface area contributed by atoms with Gasteiger partial charge >= 0.3 is 0 Å². The molecule has 0 aliphatic heterocycles.